The molecule has 0 amide bonds. The lowest BCUT2D eigenvalue weighted by Gasteiger charge is -2.18. The second-order valence-corrected chi connectivity index (χ2v) is 10.5. The number of esters is 1. The second-order valence-electron chi connectivity index (χ2n) is 10.5. The number of H-pyrrole nitrogens is 1. The maximum Gasteiger partial charge on any atom is 0.508 e. The minimum atomic E-state index is -1.41. The summed E-state index contributed by atoms with van der Waals surface area (Å²) in [7, 11) is 0. The molecule has 2 heterocycles. The molecule has 0 aliphatic rings. The predicted molar refractivity (Wildman–Crippen MR) is 153 cm³/mol. The summed E-state index contributed by atoms with van der Waals surface area (Å²) in [6.07, 6.45) is 0.204. The summed E-state index contributed by atoms with van der Waals surface area (Å²) in [4.78, 5) is 30.0. The standard InChI is InChI=1S/C30H36N6O6/c1-6-9-24-31-26(30(4,5)39)25(36(24)16-17-40-29(38)42-19(2)3)28(37)41-18-20-12-14-21(15-13-20)22-10-7-8-11-23(22)27-32-34-35-33-27/h7-8,10-15,19,39H,6,9,16-18H2,1-5H3,(H,32,33,34,35). The molecule has 0 bridgehead atoms. The van der Waals surface area contributed by atoms with Crippen molar-refractivity contribution in [3.63, 3.8) is 0 Å². The third-order valence-electron chi connectivity index (χ3n) is 6.32. The predicted octanol–water partition coefficient (Wildman–Crippen LogP) is 4.83. The molecule has 0 radical (unpaired) electrons. The Morgan fingerprint density at radius 1 is 1.05 bits per heavy atom. The summed E-state index contributed by atoms with van der Waals surface area (Å²) in [6.45, 7) is 8.67. The first-order chi connectivity index (χ1) is 20.1. The first-order valence-electron chi connectivity index (χ1n) is 13.8. The first kappa shape index (κ1) is 30.4. The lowest BCUT2D eigenvalue weighted by atomic mass is 9.98. The highest BCUT2D eigenvalue weighted by atomic mass is 16.7. The van der Waals surface area contributed by atoms with Gasteiger partial charge in [-0.15, -0.1) is 5.10 Å². The zero-order valence-electron chi connectivity index (χ0n) is 24.5. The van der Waals surface area contributed by atoms with E-state index in [-0.39, 0.29) is 37.3 Å². The zero-order valence-corrected chi connectivity index (χ0v) is 24.5. The Balaban J connectivity index is 1.52. The van der Waals surface area contributed by atoms with Crippen molar-refractivity contribution in [3.05, 3.63) is 71.3 Å². The molecule has 0 saturated carbocycles. The summed E-state index contributed by atoms with van der Waals surface area (Å²) in [5.41, 5.74) is 2.44. The van der Waals surface area contributed by atoms with E-state index in [1.807, 2.05) is 55.5 Å². The summed E-state index contributed by atoms with van der Waals surface area (Å²) in [6, 6.07) is 15.4. The summed E-state index contributed by atoms with van der Waals surface area (Å²) < 4.78 is 17.6. The van der Waals surface area contributed by atoms with Crippen molar-refractivity contribution in [2.24, 2.45) is 0 Å². The third-order valence-corrected chi connectivity index (χ3v) is 6.32. The third kappa shape index (κ3) is 7.38. The number of nitrogens with one attached hydrogen (secondary N) is 1. The molecular weight excluding hydrogens is 540 g/mol. The Morgan fingerprint density at radius 2 is 1.76 bits per heavy atom. The van der Waals surface area contributed by atoms with E-state index in [1.54, 1.807) is 32.3 Å². The largest absolute Gasteiger partial charge is 0.508 e. The number of ether oxygens (including phenoxy) is 3. The van der Waals surface area contributed by atoms with Gasteiger partial charge in [-0.2, -0.15) is 0 Å². The molecule has 4 rings (SSSR count). The number of aliphatic hydroxyl groups is 1. The van der Waals surface area contributed by atoms with Gasteiger partial charge in [0.05, 0.1) is 12.6 Å². The number of rotatable bonds is 12. The second kappa shape index (κ2) is 13.4. The van der Waals surface area contributed by atoms with E-state index in [4.69, 9.17) is 14.2 Å². The van der Waals surface area contributed by atoms with Gasteiger partial charge in [-0.25, -0.2) is 19.7 Å². The maximum atomic E-state index is 13.5. The van der Waals surface area contributed by atoms with Crippen LogP contribution in [0.2, 0.25) is 0 Å². The molecule has 0 saturated heterocycles. The van der Waals surface area contributed by atoms with Gasteiger partial charge in [0.15, 0.2) is 11.5 Å². The fourth-order valence-corrected chi connectivity index (χ4v) is 4.45. The Labute approximate surface area is 244 Å². The van der Waals surface area contributed by atoms with Crippen LogP contribution in [0.1, 0.15) is 68.6 Å². The molecule has 0 aliphatic carbocycles. The lowest BCUT2D eigenvalue weighted by Crippen LogP contribution is -2.24. The summed E-state index contributed by atoms with van der Waals surface area (Å²) in [5.74, 6) is 0.513. The average molecular weight is 577 g/mol. The minimum absolute atomic E-state index is 0.00356. The summed E-state index contributed by atoms with van der Waals surface area (Å²) in [5, 5.41) is 25.0. The van der Waals surface area contributed by atoms with E-state index in [9.17, 15) is 14.7 Å². The molecule has 4 aromatic rings. The van der Waals surface area contributed by atoms with E-state index in [0.717, 1.165) is 28.7 Å². The monoisotopic (exact) mass is 576 g/mol. The summed E-state index contributed by atoms with van der Waals surface area (Å²) >= 11 is 0. The quantitative estimate of drug-likeness (QED) is 0.224. The van der Waals surface area contributed by atoms with Crippen LogP contribution < -0.4 is 0 Å². The van der Waals surface area contributed by atoms with Gasteiger partial charge in [0.25, 0.3) is 0 Å². The van der Waals surface area contributed by atoms with Crippen LogP contribution in [-0.4, -0.2) is 60.1 Å². The van der Waals surface area contributed by atoms with Crippen molar-refractivity contribution in [1.82, 2.24) is 30.2 Å². The maximum absolute atomic E-state index is 13.5. The molecule has 12 heteroatoms. The van der Waals surface area contributed by atoms with Crippen molar-refractivity contribution >= 4 is 12.1 Å². The van der Waals surface area contributed by atoms with Crippen LogP contribution in [0.5, 0.6) is 0 Å². The molecule has 2 aromatic heterocycles. The number of benzene rings is 2. The molecular formula is C30H36N6O6. The number of hydrogen-bond donors (Lipinski definition) is 2. The van der Waals surface area contributed by atoms with E-state index in [0.29, 0.717) is 18.1 Å². The van der Waals surface area contributed by atoms with E-state index in [2.05, 4.69) is 25.6 Å². The normalized spacial score (nSPS) is 11.5. The van der Waals surface area contributed by atoms with Gasteiger partial charge in [0, 0.05) is 12.0 Å². The highest BCUT2D eigenvalue weighted by Gasteiger charge is 2.32. The van der Waals surface area contributed by atoms with E-state index in [1.165, 1.54) is 0 Å². The molecule has 222 valence electrons. The van der Waals surface area contributed by atoms with Crippen molar-refractivity contribution < 1.29 is 28.9 Å². The number of carbonyl (C=O) groups is 2. The van der Waals surface area contributed by atoms with Crippen molar-refractivity contribution in [1.29, 1.82) is 0 Å². The van der Waals surface area contributed by atoms with Crippen LogP contribution in [0.4, 0.5) is 4.79 Å². The number of aromatic amines is 1. The topological polar surface area (TPSA) is 154 Å². The molecule has 42 heavy (non-hydrogen) atoms. The number of aryl methyl sites for hydroxylation is 1. The van der Waals surface area contributed by atoms with Gasteiger partial charge >= 0.3 is 12.1 Å². The number of aromatic nitrogens is 6. The fourth-order valence-electron chi connectivity index (χ4n) is 4.45. The lowest BCUT2D eigenvalue weighted by molar-refractivity contribution is 0.0317. The van der Waals surface area contributed by atoms with Crippen LogP contribution in [0.15, 0.2) is 48.5 Å². The highest BCUT2D eigenvalue weighted by Crippen LogP contribution is 2.30. The Kier molecular flexibility index (Phi) is 9.68. The van der Waals surface area contributed by atoms with Gasteiger partial charge in [-0.3, -0.25) is 0 Å². The van der Waals surface area contributed by atoms with E-state index >= 15 is 0 Å². The van der Waals surface area contributed by atoms with Crippen molar-refractivity contribution in [3.8, 4) is 22.5 Å². The van der Waals surface area contributed by atoms with E-state index < -0.39 is 17.7 Å². The fraction of sp³-hybridized carbons (Fsp3) is 0.400. The van der Waals surface area contributed by atoms with Gasteiger partial charge in [0.1, 0.15) is 30.3 Å². The van der Waals surface area contributed by atoms with Crippen LogP contribution >= 0.6 is 0 Å². The van der Waals surface area contributed by atoms with Gasteiger partial charge in [-0.1, -0.05) is 55.5 Å². The van der Waals surface area contributed by atoms with Crippen LogP contribution in [-0.2, 0) is 39.4 Å². The molecule has 0 spiro atoms. The number of carbonyl (C=O) groups excluding carboxylic acids is 2. The van der Waals surface area contributed by atoms with Crippen LogP contribution in [0, 0.1) is 0 Å². The number of imidazole rings is 1. The van der Waals surface area contributed by atoms with Crippen LogP contribution in [0.3, 0.4) is 0 Å². The molecule has 0 atom stereocenters. The van der Waals surface area contributed by atoms with Crippen molar-refractivity contribution in [2.45, 2.75) is 72.3 Å². The molecule has 2 aromatic carbocycles. The minimum Gasteiger partial charge on any atom is -0.456 e. The van der Waals surface area contributed by atoms with Gasteiger partial charge < -0.3 is 23.9 Å². The Bertz CT molecular complexity index is 1490. The molecule has 12 nitrogen and oxygen atoms in total. The smallest absolute Gasteiger partial charge is 0.456 e. The van der Waals surface area contributed by atoms with Gasteiger partial charge in [-0.05, 0) is 61.2 Å². The van der Waals surface area contributed by atoms with Crippen molar-refractivity contribution in [2.75, 3.05) is 6.61 Å². The van der Waals surface area contributed by atoms with Crippen LogP contribution in [0.25, 0.3) is 22.5 Å². The molecule has 0 aliphatic heterocycles. The average Bonchev–Trinajstić information content (AvgIpc) is 3.61. The number of hydrogen-bond acceptors (Lipinski definition) is 10. The Hall–Kier alpha value is -4.58. The zero-order chi connectivity index (χ0) is 30.3. The number of tetrazole rings is 1. The highest BCUT2D eigenvalue weighted by molar-refractivity contribution is 5.89. The first-order valence-corrected chi connectivity index (χ1v) is 13.8. The SMILES string of the molecule is CCCc1nc(C(C)(C)O)c(C(=O)OCc2ccc(-c3ccccc3-c3nnn[nH]3)cc2)n1CCOC(=O)OC(C)C. The van der Waals surface area contributed by atoms with Gasteiger partial charge in [0.2, 0.25) is 0 Å². The molecule has 0 fully saturated rings. The number of nitrogens with zero attached hydrogens (tertiary/aromatic N) is 5. The molecule has 2 N–H and O–H groups in total. The molecule has 0 unspecified atom stereocenters. The Morgan fingerprint density at radius 3 is 2.38 bits per heavy atom.